The van der Waals surface area contributed by atoms with E-state index in [0.717, 1.165) is 67.4 Å². The predicted octanol–water partition coefficient (Wildman–Crippen LogP) is 6.86. The van der Waals surface area contributed by atoms with Crippen molar-refractivity contribution in [1.29, 1.82) is 0 Å². The largest absolute Gasteiger partial charge is 0.388 e. The van der Waals surface area contributed by atoms with Crippen LogP contribution in [0.3, 0.4) is 0 Å². The van der Waals surface area contributed by atoms with Crippen molar-refractivity contribution in [2.45, 2.75) is 109 Å². The van der Waals surface area contributed by atoms with E-state index in [4.69, 9.17) is 4.74 Å². The van der Waals surface area contributed by atoms with E-state index in [1.807, 2.05) is 62.4 Å². The monoisotopic (exact) mass is 518 g/mol. The van der Waals surface area contributed by atoms with Gasteiger partial charge in [0.05, 0.1) is 12.2 Å². The van der Waals surface area contributed by atoms with Crippen LogP contribution in [-0.2, 0) is 4.74 Å². The molecule has 0 radical (unpaired) electrons. The molecule has 1 heterocycles. The summed E-state index contributed by atoms with van der Waals surface area (Å²) in [4.78, 5) is 0. The van der Waals surface area contributed by atoms with Crippen molar-refractivity contribution in [3.63, 3.8) is 0 Å². The van der Waals surface area contributed by atoms with E-state index in [9.17, 15) is 15.3 Å². The standard InChI is InChI=1S/C17H22O2.C17H24O2/c1-2-6-17(18)15-8-5-7-14(13-15)10-11-16-9-3-4-12-19-16;1-4-8-16(18)15-10-7-9-14(13-15)11-12-17(19,5-2)6-3/h5,7-8,13,16-18H,2-4,6,9,12H2,1H3;7,9-10,13,16,18-19H,4-6,8H2,1-3H3. The van der Waals surface area contributed by atoms with Gasteiger partial charge in [-0.05, 0) is 80.3 Å². The Morgan fingerprint density at radius 1 is 0.842 bits per heavy atom. The average molecular weight is 519 g/mol. The summed E-state index contributed by atoms with van der Waals surface area (Å²) in [5.74, 6) is 12.3. The Labute approximate surface area is 230 Å². The second-order valence-corrected chi connectivity index (χ2v) is 9.97. The molecule has 0 saturated carbocycles. The van der Waals surface area contributed by atoms with Gasteiger partial charge in [-0.3, -0.25) is 0 Å². The lowest BCUT2D eigenvalue weighted by molar-refractivity contribution is 0.0526. The first kappa shape index (κ1) is 31.6. The number of aliphatic hydroxyl groups excluding tert-OH is 2. The first-order valence-electron chi connectivity index (χ1n) is 14.3. The summed E-state index contributed by atoms with van der Waals surface area (Å²) in [5, 5.41) is 30.1. The third-order valence-electron chi connectivity index (χ3n) is 6.83. The molecule has 0 spiro atoms. The molecule has 4 nitrogen and oxygen atoms in total. The molecule has 0 aromatic heterocycles. The molecule has 3 rings (SSSR count). The molecule has 2 aromatic rings. The van der Waals surface area contributed by atoms with Gasteiger partial charge in [0.25, 0.3) is 0 Å². The molecule has 3 N–H and O–H groups in total. The smallest absolute Gasteiger partial charge is 0.125 e. The van der Waals surface area contributed by atoms with Crippen molar-refractivity contribution in [3.8, 4) is 23.7 Å². The highest BCUT2D eigenvalue weighted by Crippen LogP contribution is 2.20. The van der Waals surface area contributed by atoms with Crippen LogP contribution in [0.25, 0.3) is 0 Å². The van der Waals surface area contributed by atoms with Gasteiger partial charge in [0.2, 0.25) is 0 Å². The first-order chi connectivity index (χ1) is 18.3. The predicted molar refractivity (Wildman–Crippen MR) is 155 cm³/mol. The van der Waals surface area contributed by atoms with Crippen molar-refractivity contribution in [2.75, 3.05) is 6.61 Å². The van der Waals surface area contributed by atoms with E-state index >= 15 is 0 Å². The van der Waals surface area contributed by atoms with E-state index in [-0.39, 0.29) is 12.2 Å². The Morgan fingerprint density at radius 2 is 1.39 bits per heavy atom. The van der Waals surface area contributed by atoms with Crippen LogP contribution in [0.15, 0.2) is 48.5 Å². The fourth-order valence-electron chi connectivity index (χ4n) is 4.16. The van der Waals surface area contributed by atoms with Gasteiger partial charge in [-0.2, -0.15) is 0 Å². The van der Waals surface area contributed by atoms with E-state index in [2.05, 4.69) is 37.5 Å². The molecule has 0 aliphatic carbocycles. The molecule has 1 aliphatic rings. The summed E-state index contributed by atoms with van der Waals surface area (Å²) in [7, 11) is 0. The van der Waals surface area contributed by atoms with Crippen LogP contribution in [0.5, 0.6) is 0 Å². The Morgan fingerprint density at radius 3 is 1.87 bits per heavy atom. The van der Waals surface area contributed by atoms with Gasteiger partial charge in [0.1, 0.15) is 11.7 Å². The van der Waals surface area contributed by atoms with Crippen LogP contribution in [-0.4, -0.2) is 33.6 Å². The average Bonchev–Trinajstić information content (AvgIpc) is 2.96. The zero-order chi connectivity index (χ0) is 27.8. The van der Waals surface area contributed by atoms with Crippen molar-refractivity contribution in [3.05, 3.63) is 70.8 Å². The van der Waals surface area contributed by atoms with Crippen LogP contribution in [0.1, 0.15) is 120 Å². The number of ether oxygens (including phenoxy) is 1. The van der Waals surface area contributed by atoms with Crippen LogP contribution >= 0.6 is 0 Å². The highest BCUT2D eigenvalue weighted by molar-refractivity contribution is 5.40. The molecular formula is C34H46O4. The number of hydrogen-bond acceptors (Lipinski definition) is 4. The van der Waals surface area contributed by atoms with E-state index < -0.39 is 11.7 Å². The van der Waals surface area contributed by atoms with Crippen molar-refractivity contribution in [1.82, 2.24) is 0 Å². The summed E-state index contributed by atoms with van der Waals surface area (Å²) in [5.41, 5.74) is 2.75. The minimum absolute atomic E-state index is 0.0815. The molecule has 1 saturated heterocycles. The van der Waals surface area contributed by atoms with E-state index in [1.54, 1.807) is 0 Å². The Hall–Kier alpha value is -2.60. The summed E-state index contributed by atoms with van der Waals surface area (Å²) in [6.07, 6.45) is 7.38. The van der Waals surface area contributed by atoms with Crippen LogP contribution in [0.4, 0.5) is 0 Å². The second-order valence-electron chi connectivity index (χ2n) is 9.97. The van der Waals surface area contributed by atoms with Gasteiger partial charge in [0.15, 0.2) is 0 Å². The first-order valence-corrected chi connectivity index (χ1v) is 14.3. The summed E-state index contributed by atoms with van der Waals surface area (Å²) in [6, 6.07) is 15.5. The van der Waals surface area contributed by atoms with E-state index in [0.29, 0.717) is 12.8 Å². The van der Waals surface area contributed by atoms with Gasteiger partial charge in [-0.1, -0.05) is 88.5 Å². The normalized spacial score (nSPS) is 16.6. The minimum Gasteiger partial charge on any atom is -0.388 e. The maximum Gasteiger partial charge on any atom is 0.125 e. The lowest BCUT2D eigenvalue weighted by Gasteiger charge is -2.17. The maximum absolute atomic E-state index is 10.1. The van der Waals surface area contributed by atoms with Gasteiger partial charge in [-0.25, -0.2) is 0 Å². The minimum atomic E-state index is -0.905. The van der Waals surface area contributed by atoms with Crippen molar-refractivity contribution < 1.29 is 20.1 Å². The highest BCUT2D eigenvalue weighted by atomic mass is 16.5. The third kappa shape index (κ3) is 11.0. The number of rotatable bonds is 8. The Balaban J connectivity index is 0.000000267. The third-order valence-corrected chi connectivity index (χ3v) is 6.83. The lowest BCUT2D eigenvalue weighted by Crippen LogP contribution is -2.23. The molecule has 0 amide bonds. The Bertz CT molecular complexity index is 1070. The molecule has 1 fully saturated rings. The molecule has 2 aromatic carbocycles. The molecule has 0 bridgehead atoms. The molecule has 38 heavy (non-hydrogen) atoms. The zero-order valence-electron chi connectivity index (χ0n) is 23.7. The van der Waals surface area contributed by atoms with Gasteiger partial charge >= 0.3 is 0 Å². The fourth-order valence-corrected chi connectivity index (χ4v) is 4.16. The van der Waals surface area contributed by atoms with Crippen molar-refractivity contribution >= 4 is 0 Å². The maximum atomic E-state index is 10.1. The summed E-state index contributed by atoms with van der Waals surface area (Å²) >= 11 is 0. The summed E-state index contributed by atoms with van der Waals surface area (Å²) in [6.45, 7) is 8.82. The zero-order valence-corrected chi connectivity index (χ0v) is 23.7. The molecule has 3 unspecified atom stereocenters. The molecule has 4 heteroatoms. The van der Waals surface area contributed by atoms with E-state index in [1.165, 1.54) is 6.42 Å². The molecule has 1 aliphatic heterocycles. The number of hydrogen-bond donors (Lipinski definition) is 3. The van der Waals surface area contributed by atoms with Crippen LogP contribution in [0, 0.1) is 23.7 Å². The van der Waals surface area contributed by atoms with Gasteiger partial charge in [0, 0.05) is 17.7 Å². The fraction of sp³-hybridized carbons (Fsp3) is 0.529. The number of benzene rings is 2. The second kappa shape index (κ2) is 17.1. The topological polar surface area (TPSA) is 69.9 Å². The lowest BCUT2D eigenvalue weighted by atomic mass is 9.97. The quantitative estimate of drug-likeness (QED) is 0.334. The summed E-state index contributed by atoms with van der Waals surface area (Å²) < 4.78 is 5.59. The van der Waals surface area contributed by atoms with Gasteiger partial charge < -0.3 is 20.1 Å². The molecular weight excluding hydrogens is 472 g/mol. The number of aliphatic hydroxyl groups is 3. The van der Waals surface area contributed by atoms with Gasteiger partial charge in [-0.15, -0.1) is 0 Å². The molecule has 206 valence electrons. The SMILES string of the molecule is CCCC(O)c1cccc(C#CC(O)(CC)CC)c1.CCCC(O)c1cccc(C#CC2CCCCO2)c1. The molecule has 3 atom stereocenters. The van der Waals surface area contributed by atoms with Crippen LogP contribution < -0.4 is 0 Å². The van der Waals surface area contributed by atoms with Crippen molar-refractivity contribution in [2.24, 2.45) is 0 Å². The Kier molecular flexibility index (Phi) is 14.2. The van der Waals surface area contributed by atoms with Crippen LogP contribution in [0.2, 0.25) is 0 Å². The highest BCUT2D eigenvalue weighted by Gasteiger charge is 2.18.